The molecule has 0 unspecified atom stereocenters. The van der Waals surface area contributed by atoms with Gasteiger partial charge in [0.2, 0.25) is 5.91 Å². The first-order valence-electron chi connectivity index (χ1n) is 6.50. The summed E-state index contributed by atoms with van der Waals surface area (Å²) in [6.07, 6.45) is 3.76. The van der Waals surface area contributed by atoms with Gasteiger partial charge in [0.15, 0.2) is 0 Å². The maximum atomic E-state index is 11.9. The predicted molar refractivity (Wildman–Crippen MR) is 70.9 cm³/mol. The van der Waals surface area contributed by atoms with E-state index in [1.807, 2.05) is 32.4 Å². The lowest BCUT2D eigenvalue weighted by atomic mass is 9.95. The number of piperidine rings is 1. The summed E-state index contributed by atoms with van der Waals surface area (Å²) in [4.78, 5) is 20.3. The Morgan fingerprint density at radius 1 is 1.39 bits per heavy atom. The van der Waals surface area contributed by atoms with Crippen molar-refractivity contribution < 1.29 is 4.79 Å². The van der Waals surface area contributed by atoms with E-state index in [1.165, 1.54) is 0 Å². The summed E-state index contributed by atoms with van der Waals surface area (Å²) in [6, 6.07) is 6.01. The van der Waals surface area contributed by atoms with Gasteiger partial charge in [0, 0.05) is 32.8 Å². The van der Waals surface area contributed by atoms with Crippen molar-refractivity contribution in [2.45, 2.75) is 19.4 Å². The topological polar surface area (TPSA) is 36.4 Å². The zero-order valence-electron chi connectivity index (χ0n) is 11.2. The molecule has 0 aromatic carbocycles. The number of hydrogen-bond acceptors (Lipinski definition) is 3. The van der Waals surface area contributed by atoms with E-state index in [-0.39, 0.29) is 11.8 Å². The number of pyridine rings is 1. The van der Waals surface area contributed by atoms with Gasteiger partial charge >= 0.3 is 0 Å². The highest BCUT2D eigenvalue weighted by atomic mass is 16.2. The number of nitrogens with zero attached hydrogens (tertiary/aromatic N) is 3. The number of aromatic nitrogens is 1. The van der Waals surface area contributed by atoms with Gasteiger partial charge in [0.05, 0.1) is 5.69 Å². The van der Waals surface area contributed by atoms with Gasteiger partial charge in [0.25, 0.3) is 0 Å². The number of carbonyl (C=O) groups excluding carboxylic acids is 1. The summed E-state index contributed by atoms with van der Waals surface area (Å²) in [5.41, 5.74) is 1.11. The molecule has 0 N–H and O–H groups in total. The molecule has 4 heteroatoms. The van der Waals surface area contributed by atoms with E-state index in [0.29, 0.717) is 0 Å². The molecule has 0 radical (unpaired) electrons. The van der Waals surface area contributed by atoms with Gasteiger partial charge in [-0.25, -0.2) is 0 Å². The van der Waals surface area contributed by atoms with Crippen LogP contribution in [0.1, 0.15) is 18.5 Å². The molecule has 1 aliphatic heterocycles. The minimum absolute atomic E-state index is 0.208. The molecule has 1 aliphatic rings. The minimum Gasteiger partial charge on any atom is -0.349 e. The average Bonchev–Trinajstić information content (AvgIpc) is 2.40. The van der Waals surface area contributed by atoms with Crippen LogP contribution in [0.5, 0.6) is 0 Å². The Kier molecular flexibility index (Phi) is 4.31. The monoisotopic (exact) mass is 247 g/mol. The van der Waals surface area contributed by atoms with Crippen molar-refractivity contribution in [2.24, 2.45) is 5.92 Å². The Labute approximate surface area is 109 Å². The van der Waals surface area contributed by atoms with Crippen LogP contribution in [0.3, 0.4) is 0 Å². The molecule has 18 heavy (non-hydrogen) atoms. The second kappa shape index (κ2) is 5.96. The van der Waals surface area contributed by atoms with Gasteiger partial charge in [-0.2, -0.15) is 0 Å². The maximum Gasteiger partial charge on any atom is 0.225 e. The molecule has 0 saturated carbocycles. The first-order valence-corrected chi connectivity index (χ1v) is 6.50. The van der Waals surface area contributed by atoms with Crippen molar-refractivity contribution in [3.8, 4) is 0 Å². The quantitative estimate of drug-likeness (QED) is 0.809. The summed E-state index contributed by atoms with van der Waals surface area (Å²) < 4.78 is 0. The van der Waals surface area contributed by atoms with E-state index in [1.54, 1.807) is 4.90 Å². The maximum absolute atomic E-state index is 11.9. The van der Waals surface area contributed by atoms with Crippen LogP contribution in [0.4, 0.5) is 0 Å². The van der Waals surface area contributed by atoms with Gasteiger partial charge in [-0.05, 0) is 38.1 Å². The van der Waals surface area contributed by atoms with Crippen molar-refractivity contribution in [1.29, 1.82) is 0 Å². The van der Waals surface area contributed by atoms with Crippen LogP contribution in [0, 0.1) is 5.92 Å². The molecule has 1 fully saturated rings. The Hall–Kier alpha value is -1.42. The van der Waals surface area contributed by atoms with Crippen molar-refractivity contribution in [2.75, 3.05) is 27.2 Å². The fraction of sp³-hybridized carbons (Fsp3) is 0.571. The van der Waals surface area contributed by atoms with Crippen molar-refractivity contribution in [3.63, 3.8) is 0 Å². The lowest BCUT2D eigenvalue weighted by Gasteiger charge is -2.32. The summed E-state index contributed by atoms with van der Waals surface area (Å²) in [5.74, 6) is 0.479. The van der Waals surface area contributed by atoms with E-state index in [4.69, 9.17) is 0 Å². The highest BCUT2D eigenvalue weighted by Gasteiger charge is 2.25. The molecule has 0 spiro atoms. The molecule has 0 atom stereocenters. The van der Waals surface area contributed by atoms with Crippen LogP contribution < -0.4 is 0 Å². The third kappa shape index (κ3) is 3.29. The molecule has 2 rings (SSSR count). The Balaban J connectivity index is 1.82. The molecule has 1 amide bonds. The van der Waals surface area contributed by atoms with Crippen LogP contribution in [-0.2, 0) is 11.3 Å². The van der Waals surface area contributed by atoms with Gasteiger partial charge < -0.3 is 4.90 Å². The first-order chi connectivity index (χ1) is 8.66. The number of rotatable bonds is 3. The molecule has 1 saturated heterocycles. The lowest BCUT2D eigenvalue weighted by molar-refractivity contribution is -0.134. The summed E-state index contributed by atoms with van der Waals surface area (Å²) in [6.45, 7) is 2.87. The standard InChI is InChI=1S/C14H21N3O/c1-16(2)14(18)12-6-9-17(10-7-12)11-13-5-3-4-8-15-13/h3-5,8,12H,6-7,9-11H2,1-2H3. The fourth-order valence-corrected chi connectivity index (χ4v) is 2.42. The van der Waals surface area contributed by atoms with Crippen LogP contribution in [0.2, 0.25) is 0 Å². The van der Waals surface area contributed by atoms with E-state index in [0.717, 1.165) is 38.2 Å². The second-order valence-electron chi connectivity index (χ2n) is 5.10. The molecule has 0 aliphatic carbocycles. The minimum atomic E-state index is 0.208. The number of amides is 1. The summed E-state index contributed by atoms with van der Waals surface area (Å²) >= 11 is 0. The molecule has 0 bridgehead atoms. The van der Waals surface area contributed by atoms with Crippen molar-refractivity contribution in [3.05, 3.63) is 30.1 Å². The highest BCUT2D eigenvalue weighted by Crippen LogP contribution is 2.19. The molecule has 98 valence electrons. The van der Waals surface area contributed by atoms with Crippen LogP contribution in [-0.4, -0.2) is 47.9 Å². The Bertz CT molecular complexity index is 383. The molecule has 1 aromatic rings. The van der Waals surface area contributed by atoms with E-state index in [9.17, 15) is 4.79 Å². The molecule has 1 aromatic heterocycles. The molecule has 4 nitrogen and oxygen atoms in total. The summed E-state index contributed by atoms with van der Waals surface area (Å²) in [7, 11) is 3.67. The molecular formula is C14H21N3O. The van der Waals surface area contributed by atoms with Gasteiger partial charge in [-0.3, -0.25) is 14.7 Å². The normalized spacial score (nSPS) is 17.7. The Morgan fingerprint density at radius 3 is 2.67 bits per heavy atom. The molecular weight excluding hydrogens is 226 g/mol. The van der Waals surface area contributed by atoms with E-state index >= 15 is 0 Å². The predicted octanol–water partition coefficient (Wildman–Crippen LogP) is 1.38. The van der Waals surface area contributed by atoms with Crippen molar-refractivity contribution >= 4 is 5.91 Å². The number of carbonyl (C=O) groups is 1. The SMILES string of the molecule is CN(C)C(=O)C1CCN(Cc2ccccn2)CC1. The summed E-state index contributed by atoms with van der Waals surface area (Å²) in [5, 5.41) is 0. The van der Waals surface area contributed by atoms with Crippen LogP contribution >= 0.6 is 0 Å². The van der Waals surface area contributed by atoms with E-state index < -0.39 is 0 Å². The van der Waals surface area contributed by atoms with Gasteiger partial charge in [-0.1, -0.05) is 6.07 Å². The van der Waals surface area contributed by atoms with Crippen LogP contribution in [0.15, 0.2) is 24.4 Å². The number of likely N-dealkylation sites (tertiary alicyclic amines) is 1. The van der Waals surface area contributed by atoms with E-state index in [2.05, 4.69) is 16.0 Å². The first kappa shape index (κ1) is 13.0. The largest absolute Gasteiger partial charge is 0.349 e. The van der Waals surface area contributed by atoms with Crippen LogP contribution in [0.25, 0.3) is 0 Å². The highest BCUT2D eigenvalue weighted by molar-refractivity contribution is 5.78. The third-order valence-electron chi connectivity index (χ3n) is 3.49. The average molecular weight is 247 g/mol. The van der Waals surface area contributed by atoms with Crippen molar-refractivity contribution in [1.82, 2.24) is 14.8 Å². The Morgan fingerprint density at radius 2 is 2.11 bits per heavy atom. The van der Waals surface area contributed by atoms with Gasteiger partial charge in [0.1, 0.15) is 0 Å². The number of hydrogen-bond donors (Lipinski definition) is 0. The second-order valence-corrected chi connectivity index (χ2v) is 5.10. The molecule has 2 heterocycles. The fourth-order valence-electron chi connectivity index (χ4n) is 2.42. The lowest BCUT2D eigenvalue weighted by Crippen LogP contribution is -2.39. The van der Waals surface area contributed by atoms with Gasteiger partial charge in [-0.15, -0.1) is 0 Å². The smallest absolute Gasteiger partial charge is 0.225 e. The zero-order valence-corrected chi connectivity index (χ0v) is 11.2. The third-order valence-corrected chi connectivity index (χ3v) is 3.49. The zero-order chi connectivity index (χ0) is 13.0.